The normalized spacial score (nSPS) is 29.5. The van der Waals surface area contributed by atoms with Gasteiger partial charge >= 0.3 is 12.2 Å². The number of halogens is 4. The Kier molecular flexibility index (Phi) is 1.70. The first-order chi connectivity index (χ1) is 6.85. The zero-order chi connectivity index (χ0) is 11.3. The van der Waals surface area contributed by atoms with E-state index in [0.29, 0.717) is 6.20 Å². The van der Waals surface area contributed by atoms with E-state index in [1.54, 1.807) is 0 Å². The van der Waals surface area contributed by atoms with Crippen molar-refractivity contribution in [1.82, 2.24) is 16.0 Å². The maximum absolute atomic E-state index is 12.6. The van der Waals surface area contributed by atoms with Crippen LogP contribution in [0.3, 0.4) is 0 Å². The van der Waals surface area contributed by atoms with Crippen LogP contribution in [0.1, 0.15) is 0 Å². The van der Waals surface area contributed by atoms with Gasteiger partial charge in [0.25, 0.3) is 11.8 Å². The number of alkyl halides is 3. The number of fused-ring (bicyclic) bond motifs is 1. The zero-order valence-electron chi connectivity index (χ0n) is 6.94. The summed E-state index contributed by atoms with van der Waals surface area (Å²) >= 11 is 0. The van der Waals surface area contributed by atoms with E-state index in [-0.39, 0.29) is 0 Å². The molecule has 2 amide bonds. The monoisotopic (exact) mass is 224 g/mol. The van der Waals surface area contributed by atoms with Gasteiger partial charge in [-0.3, -0.25) is 0 Å². The first kappa shape index (κ1) is 9.74. The molecule has 0 spiro atoms. The number of carbonyl (C=O) groups excluding carboxylic acids is 1. The first-order valence-corrected chi connectivity index (χ1v) is 3.73. The van der Waals surface area contributed by atoms with Gasteiger partial charge in [0, 0.05) is 6.20 Å². The summed E-state index contributed by atoms with van der Waals surface area (Å²) in [5, 5.41) is 5.24. The maximum atomic E-state index is 12.6. The van der Waals surface area contributed by atoms with Crippen LogP contribution >= 0.6 is 0 Å². The van der Waals surface area contributed by atoms with E-state index in [9.17, 15) is 22.4 Å². The molecule has 2 rings (SSSR count). The number of amidine groups is 1. The molecule has 9 heteroatoms. The van der Waals surface area contributed by atoms with E-state index in [1.807, 2.05) is 10.6 Å². The summed E-state index contributed by atoms with van der Waals surface area (Å²) in [7, 11) is 0. The summed E-state index contributed by atoms with van der Waals surface area (Å²) in [6, 6.07) is -1.08. The molecule has 5 nitrogen and oxygen atoms in total. The summed E-state index contributed by atoms with van der Waals surface area (Å²) in [4.78, 5) is 13.5. The van der Waals surface area contributed by atoms with Crippen LogP contribution in [0.5, 0.6) is 0 Å². The molecular formula is C6H4F4N4O. The minimum atomic E-state index is -4.92. The molecule has 0 aromatic heterocycles. The standard InChI is InChI=1S/C6H4F4N4O/c7-3-11-1-2-5(13-3,6(8,9)10)14-4(15)12-2/h1H,(H,11,13)(H2,12,14,15). The zero-order valence-corrected chi connectivity index (χ0v) is 6.94. The fourth-order valence-corrected chi connectivity index (χ4v) is 1.30. The van der Waals surface area contributed by atoms with Crippen LogP contribution in [0, 0.1) is 0 Å². The van der Waals surface area contributed by atoms with E-state index in [0.717, 1.165) is 0 Å². The van der Waals surface area contributed by atoms with Crippen LogP contribution < -0.4 is 16.0 Å². The highest BCUT2D eigenvalue weighted by atomic mass is 19.4. The van der Waals surface area contributed by atoms with Gasteiger partial charge in [0.2, 0.25) is 0 Å². The quantitative estimate of drug-likeness (QED) is 0.410. The van der Waals surface area contributed by atoms with Crippen molar-refractivity contribution in [3.05, 3.63) is 11.9 Å². The average molecular weight is 224 g/mol. The number of hydrogen-bond donors (Lipinski definition) is 3. The predicted octanol–water partition coefficient (Wildman–Crippen LogP) is 0.328. The summed E-state index contributed by atoms with van der Waals surface area (Å²) in [6.45, 7) is 0. The number of rotatable bonds is 0. The number of hydrogen-bond acceptors (Lipinski definition) is 3. The Bertz CT molecular complexity index is 387. The van der Waals surface area contributed by atoms with Crippen LogP contribution in [0.15, 0.2) is 16.9 Å². The molecule has 1 fully saturated rings. The Morgan fingerprint density at radius 2 is 2.07 bits per heavy atom. The smallest absolute Gasteiger partial charge is 0.321 e. The van der Waals surface area contributed by atoms with Crippen molar-refractivity contribution in [1.29, 1.82) is 0 Å². The Morgan fingerprint density at radius 3 is 2.67 bits per heavy atom. The molecule has 1 unspecified atom stereocenters. The fraction of sp³-hybridized carbons (Fsp3) is 0.333. The molecule has 0 aromatic carbocycles. The fourth-order valence-electron chi connectivity index (χ4n) is 1.30. The lowest BCUT2D eigenvalue weighted by molar-refractivity contribution is -0.177. The lowest BCUT2D eigenvalue weighted by Gasteiger charge is -2.29. The topological polar surface area (TPSA) is 65.5 Å². The molecule has 0 aromatic rings. The Hall–Kier alpha value is -1.80. The van der Waals surface area contributed by atoms with E-state index in [1.165, 1.54) is 5.32 Å². The van der Waals surface area contributed by atoms with Crippen molar-refractivity contribution in [2.24, 2.45) is 4.99 Å². The molecule has 15 heavy (non-hydrogen) atoms. The van der Waals surface area contributed by atoms with Crippen molar-refractivity contribution >= 4 is 12.1 Å². The number of amides is 2. The third kappa shape index (κ3) is 1.22. The van der Waals surface area contributed by atoms with Crippen LogP contribution in [0.2, 0.25) is 0 Å². The summed E-state index contributed by atoms with van der Waals surface area (Å²) in [6.07, 6.45) is -5.63. The average Bonchev–Trinajstić information content (AvgIpc) is 2.40. The number of carbonyl (C=O) groups is 1. The number of nitrogens with one attached hydrogen (secondary N) is 3. The maximum Gasteiger partial charge on any atom is 0.438 e. The Labute approximate surface area is 80.2 Å². The third-order valence-electron chi connectivity index (χ3n) is 1.94. The minimum absolute atomic E-state index is 0.582. The predicted molar refractivity (Wildman–Crippen MR) is 40.2 cm³/mol. The molecule has 3 N–H and O–H groups in total. The van der Waals surface area contributed by atoms with Crippen LogP contribution in [0.4, 0.5) is 22.4 Å². The molecule has 1 atom stereocenters. The third-order valence-corrected chi connectivity index (χ3v) is 1.94. The number of aliphatic imine (C=N–C) groups is 1. The van der Waals surface area contributed by atoms with Crippen molar-refractivity contribution in [3.8, 4) is 0 Å². The second-order valence-corrected chi connectivity index (χ2v) is 2.89. The lowest BCUT2D eigenvalue weighted by Crippen LogP contribution is -2.55. The lowest BCUT2D eigenvalue weighted by atomic mass is 10.1. The van der Waals surface area contributed by atoms with Crippen LogP contribution in [0.25, 0.3) is 0 Å². The highest BCUT2D eigenvalue weighted by Gasteiger charge is 2.64. The van der Waals surface area contributed by atoms with Crippen LogP contribution in [-0.4, -0.2) is 24.0 Å². The van der Waals surface area contributed by atoms with Crippen LogP contribution in [-0.2, 0) is 0 Å². The molecular weight excluding hydrogens is 220 g/mol. The van der Waals surface area contributed by atoms with E-state index < -0.39 is 29.7 Å². The number of nitrogens with zero attached hydrogens (tertiary/aromatic N) is 1. The molecule has 1 saturated heterocycles. The largest absolute Gasteiger partial charge is 0.438 e. The summed E-state index contributed by atoms with van der Waals surface area (Å²) in [5.41, 5.74) is -3.61. The van der Waals surface area contributed by atoms with E-state index in [4.69, 9.17) is 0 Å². The molecule has 0 bridgehead atoms. The minimum Gasteiger partial charge on any atom is -0.321 e. The van der Waals surface area contributed by atoms with Gasteiger partial charge in [0.1, 0.15) is 0 Å². The van der Waals surface area contributed by atoms with Gasteiger partial charge in [-0.2, -0.15) is 22.6 Å². The Balaban J connectivity index is 2.53. The molecule has 0 saturated carbocycles. The van der Waals surface area contributed by atoms with E-state index in [2.05, 4.69) is 4.99 Å². The van der Waals surface area contributed by atoms with E-state index >= 15 is 0 Å². The molecule has 82 valence electrons. The summed E-state index contributed by atoms with van der Waals surface area (Å²) < 4.78 is 50.5. The molecule has 0 aliphatic carbocycles. The number of urea groups is 1. The van der Waals surface area contributed by atoms with Gasteiger partial charge < -0.3 is 16.0 Å². The van der Waals surface area contributed by atoms with Crippen molar-refractivity contribution in [2.75, 3.05) is 0 Å². The molecule has 0 radical (unpaired) electrons. The second-order valence-electron chi connectivity index (χ2n) is 2.89. The van der Waals surface area contributed by atoms with Crippen molar-refractivity contribution in [3.63, 3.8) is 0 Å². The highest BCUT2D eigenvalue weighted by Crippen LogP contribution is 2.39. The van der Waals surface area contributed by atoms with Gasteiger partial charge in [-0.15, -0.1) is 0 Å². The molecule has 2 aliphatic heterocycles. The van der Waals surface area contributed by atoms with Gasteiger partial charge in [0.05, 0.1) is 5.70 Å². The first-order valence-electron chi connectivity index (χ1n) is 3.73. The van der Waals surface area contributed by atoms with Gasteiger partial charge in [-0.25, -0.2) is 4.79 Å². The van der Waals surface area contributed by atoms with Gasteiger partial charge in [-0.1, -0.05) is 0 Å². The van der Waals surface area contributed by atoms with Crippen molar-refractivity contribution < 1.29 is 22.4 Å². The molecule has 2 aliphatic rings. The Morgan fingerprint density at radius 1 is 1.40 bits per heavy atom. The SMILES string of the molecule is O=C1NC2=CNC(F)=NC2(C(F)(F)F)N1. The van der Waals surface area contributed by atoms with Gasteiger partial charge in [-0.05, 0) is 0 Å². The second kappa shape index (κ2) is 2.61. The molecule has 2 heterocycles. The summed E-state index contributed by atoms with van der Waals surface area (Å²) in [5.74, 6) is 0. The van der Waals surface area contributed by atoms with Gasteiger partial charge in [0.15, 0.2) is 0 Å². The highest BCUT2D eigenvalue weighted by molar-refractivity contribution is 5.85. The van der Waals surface area contributed by atoms with Crippen molar-refractivity contribution in [2.45, 2.75) is 11.8 Å².